The lowest BCUT2D eigenvalue weighted by Gasteiger charge is -2.40. The Labute approximate surface area is 320 Å². The smallest absolute Gasteiger partial charge is 0.453 e. The minimum atomic E-state index is -4.95. The van der Waals surface area contributed by atoms with Crippen LogP contribution in [0.4, 0.5) is 32.4 Å². The van der Waals surface area contributed by atoms with Gasteiger partial charge < -0.3 is 25.4 Å². The number of nitrogens with zero attached hydrogens (tertiary/aromatic N) is 1. The number of alkyl carbamates (subject to hydrolysis) is 1. The average molecular weight is 809 g/mol. The monoisotopic (exact) mass is 808 g/mol. The molecular weight excluding hydrogens is 771 g/mol. The highest BCUT2D eigenvalue weighted by atomic mass is 35.5. The lowest BCUT2D eigenvalue weighted by molar-refractivity contribution is -0.274. The van der Waals surface area contributed by atoms with Gasteiger partial charge in [0.15, 0.2) is 0 Å². The van der Waals surface area contributed by atoms with Crippen molar-refractivity contribution in [1.29, 1.82) is 0 Å². The summed E-state index contributed by atoms with van der Waals surface area (Å²) in [4.78, 5) is 26.6. The molecule has 0 unspecified atom stereocenters. The van der Waals surface area contributed by atoms with Crippen molar-refractivity contribution < 1.29 is 49.4 Å². The molecular formula is C38H38ClF5N4O6S. The molecule has 1 heterocycles. The number of methoxy groups -OCH3 is 1. The van der Waals surface area contributed by atoms with Crippen molar-refractivity contribution in [3.8, 4) is 5.75 Å². The van der Waals surface area contributed by atoms with Gasteiger partial charge >= 0.3 is 12.5 Å². The highest BCUT2D eigenvalue weighted by molar-refractivity contribution is 7.89. The number of hydrogen-bond donors (Lipinski definition) is 3. The molecule has 1 aliphatic heterocycles. The zero-order valence-electron chi connectivity index (χ0n) is 29.6. The van der Waals surface area contributed by atoms with Crippen LogP contribution in [0.25, 0.3) is 0 Å². The van der Waals surface area contributed by atoms with E-state index in [0.717, 1.165) is 31.4 Å². The van der Waals surface area contributed by atoms with Gasteiger partial charge in [-0.25, -0.2) is 22.0 Å². The van der Waals surface area contributed by atoms with Crippen molar-refractivity contribution in [3.63, 3.8) is 0 Å². The second-order valence-electron chi connectivity index (χ2n) is 12.9. The fourth-order valence-corrected chi connectivity index (χ4v) is 8.56. The number of ether oxygens (including phenoxy) is 2. The number of piperazine rings is 1. The zero-order chi connectivity index (χ0) is 39.9. The van der Waals surface area contributed by atoms with E-state index < -0.39 is 69.8 Å². The number of carbonyl (C=O) groups excluding carboxylic acids is 2. The van der Waals surface area contributed by atoms with E-state index >= 15 is 4.39 Å². The van der Waals surface area contributed by atoms with E-state index in [4.69, 9.17) is 16.3 Å². The summed E-state index contributed by atoms with van der Waals surface area (Å²) < 4.78 is 105. The van der Waals surface area contributed by atoms with Crippen LogP contribution in [-0.4, -0.2) is 69.4 Å². The molecule has 17 heteroatoms. The lowest BCUT2D eigenvalue weighted by Crippen LogP contribution is -2.58. The third-order valence-corrected chi connectivity index (χ3v) is 11.5. The Hall–Kier alpha value is -4.77. The van der Waals surface area contributed by atoms with Crippen LogP contribution < -0.4 is 20.7 Å². The van der Waals surface area contributed by atoms with Crippen molar-refractivity contribution in [2.75, 3.05) is 25.5 Å². The number of halogens is 6. The number of anilines is 1. The van der Waals surface area contributed by atoms with E-state index in [1.807, 2.05) is 0 Å². The normalized spacial score (nSPS) is 17.5. The Morgan fingerprint density at radius 2 is 1.64 bits per heavy atom. The van der Waals surface area contributed by atoms with Gasteiger partial charge in [-0.1, -0.05) is 41.9 Å². The minimum absolute atomic E-state index is 0.0446. The molecule has 55 heavy (non-hydrogen) atoms. The molecule has 1 fully saturated rings. The lowest BCUT2D eigenvalue weighted by atomic mass is 9.85. The van der Waals surface area contributed by atoms with Crippen molar-refractivity contribution in [3.05, 3.63) is 124 Å². The number of benzene rings is 4. The third kappa shape index (κ3) is 10.7. The number of alkyl halides is 3. The van der Waals surface area contributed by atoms with Crippen molar-refractivity contribution in [2.24, 2.45) is 0 Å². The Morgan fingerprint density at radius 1 is 0.964 bits per heavy atom. The second-order valence-corrected chi connectivity index (χ2v) is 15.2. The van der Waals surface area contributed by atoms with E-state index in [-0.39, 0.29) is 48.5 Å². The fraction of sp³-hybridized carbons (Fsp3) is 0.316. The van der Waals surface area contributed by atoms with Gasteiger partial charge in [0.1, 0.15) is 23.4 Å². The first-order valence-electron chi connectivity index (χ1n) is 17.1. The van der Waals surface area contributed by atoms with Crippen molar-refractivity contribution in [2.45, 2.75) is 61.5 Å². The molecule has 2 amide bonds. The number of amides is 2. The Bertz CT molecular complexity index is 2060. The van der Waals surface area contributed by atoms with Crippen LogP contribution in [0.2, 0.25) is 5.02 Å². The van der Waals surface area contributed by atoms with E-state index in [0.29, 0.717) is 16.1 Å². The summed E-state index contributed by atoms with van der Waals surface area (Å²) in [7, 11) is -3.11. The zero-order valence-corrected chi connectivity index (χ0v) is 31.2. The van der Waals surface area contributed by atoms with Crippen LogP contribution in [0.1, 0.15) is 36.0 Å². The summed E-state index contributed by atoms with van der Waals surface area (Å²) in [5, 5.41) is 8.93. The Morgan fingerprint density at radius 3 is 2.27 bits per heavy atom. The van der Waals surface area contributed by atoms with Crippen molar-refractivity contribution >= 4 is 39.3 Å². The molecule has 4 aromatic carbocycles. The standard InChI is InChI=1S/C38H38ClF5N4O6S/c1-23-21-45-22-28(48(23)55(51,52)30-17-15-29(16-18-30)54-38(42,43)44)14-19-31-33(41)4-3-5-34(31)46-36(49)35(47-37(50)53-2)32(25-8-10-26(39)11-9-25)20-24-6-12-27(40)13-7-24/h3-13,15-18,23,28,32,35,45H,14,19-22H2,1-2H3,(H,46,49)(H,47,50)/t23-,28-,32-,35-/m0/s1. The SMILES string of the molecule is COC(=O)N[C@H](C(=O)Nc1cccc(F)c1CC[C@H]1CNC[C@H](C)N1S(=O)(=O)c1ccc(OC(F)(F)F)cc1)[C@@H](Cc1ccc(F)cc1)c1ccc(Cl)cc1. The summed E-state index contributed by atoms with van der Waals surface area (Å²) in [6.45, 7) is 2.14. The van der Waals surface area contributed by atoms with Gasteiger partial charge in [-0.15, -0.1) is 13.2 Å². The van der Waals surface area contributed by atoms with Crippen LogP contribution in [0.15, 0.2) is 95.9 Å². The molecule has 5 rings (SSSR count). The minimum Gasteiger partial charge on any atom is -0.453 e. The maximum absolute atomic E-state index is 15.6. The third-order valence-electron chi connectivity index (χ3n) is 9.16. The largest absolute Gasteiger partial charge is 0.573 e. The first-order valence-corrected chi connectivity index (χ1v) is 18.9. The summed E-state index contributed by atoms with van der Waals surface area (Å²) in [5.74, 6) is -3.19. The molecule has 294 valence electrons. The van der Waals surface area contributed by atoms with Gasteiger partial charge in [-0.3, -0.25) is 4.79 Å². The predicted molar refractivity (Wildman–Crippen MR) is 195 cm³/mol. The number of sulfonamides is 1. The topological polar surface area (TPSA) is 126 Å². The number of hydrogen-bond acceptors (Lipinski definition) is 7. The van der Waals surface area contributed by atoms with Gasteiger partial charge in [0.2, 0.25) is 15.9 Å². The predicted octanol–water partition coefficient (Wildman–Crippen LogP) is 7.19. The highest BCUT2D eigenvalue weighted by Gasteiger charge is 2.39. The molecule has 3 N–H and O–H groups in total. The van der Waals surface area contributed by atoms with E-state index in [1.165, 1.54) is 34.6 Å². The molecule has 1 aliphatic rings. The molecule has 0 aromatic heterocycles. The molecule has 4 atom stereocenters. The average Bonchev–Trinajstić information content (AvgIpc) is 3.13. The van der Waals surface area contributed by atoms with Gasteiger partial charge in [0.05, 0.1) is 12.0 Å². The molecule has 0 spiro atoms. The summed E-state index contributed by atoms with van der Waals surface area (Å²) >= 11 is 6.14. The maximum atomic E-state index is 15.6. The fourth-order valence-electron chi connectivity index (χ4n) is 6.59. The molecule has 10 nitrogen and oxygen atoms in total. The molecule has 0 radical (unpaired) electrons. The first kappa shape index (κ1) is 41.4. The van der Waals surface area contributed by atoms with Crippen LogP contribution in [0.3, 0.4) is 0 Å². The highest BCUT2D eigenvalue weighted by Crippen LogP contribution is 2.32. The van der Waals surface area contributed by atoms with Gasteiger partial charge in [0, 0.05) is 47.4 Å². The Kier molecular flexibility index (Phi) is 13.4. The molecule has 1 saturated heterocycles. The number of rotatable bonds is 13. The molecule has 4 aromatic rings. The molecule has 0 bridgehead atoms. The van der Waals surface area contributed by atoms with Gasteiger partial charge in [0.25, 0.3) is 0 Å². The quantitative estimate of drug-likeness (QED) is 0.122. The number of carbonyl (C=O) groups is 2. The number of nitrogens with one attached hydrogen (secondary N) is 3. The first-order chi connectivity index (χ1) is 26.0. The van der Waals surface area contributed by atoms with E-state index in [1.54, 1.807) is 43.3 Å². The summed E-state index contributed by atoms with van der Waals surface area (Å²) in [6.07, 6.45) is -5.67. The molecule has 0 saturated carbocycles. The van der Waals surface area contributed by atoms with E-state index in [9.17, 15) is 35.6 Å². The van der Waals surface area contributed by atoms with Crippen LogP contribution in [-0.2, 0) is 32.4 Å². The molecule has 0 aliphatic carbocycles. The van der Waals surface area contributed by atoms with Crippen LogP contribution >= 0.6 is 11.6 Å². The van der Waals surface area contributed by atoms with Crippen molar-refractivity contribution in [1.82, 2.24) is 14.9 Å². The Balaban J connectivity index is 1.41. The maximum Gasteiger partial charge on any atom is 0.573 e. The summed E-state index contributed by atoms with van der Waals surface area (Å²) in [6, 6.07) is 17.6. The summed E-state index contributed by atoms with van der Waals surface area (Å²) in [5.41, 5.74) is 1.40. The van der Waals surface area contributed by atoms with Crippen LogP contribution in [0, 0.1) is 11.6 Å². The second kappa shape index (κ2) is 17.8. The van der Waals surface area contributed by atoms with E-state index in [2.05, 4.69) is 20.7 Å². The van der Waals surface area contributed by atoms with Gasteiger partial charge in [-0.2, -0.15) is 4.31 Å². The van der Waals surface area contributed by atoms with Crippen LogP contribution in [0.5, 0.6) is 5.75 Å². The van der Waals surface area contributed by atoms with Gasteiger partial charge in [-0.05, 0) is 98.0 Å².